The van der Waals surface area contributed by atoms with Crippen LogP contribution in [0.25, 0.3) is 67.2 Å². The Morgan fingerprint density at radius 3 is 1.48 bits per heavy atom. The van der Waals surface area contributed by atoms with Crippen molar-refractivity contribution in [1.29, 1.82) is 0 Å². The van der Waals surface area contributed by atoms with E-state index in [9.17, 15) is 5.11 Å². The smallest absolute Gasteiger partial charge is 0.128 e. The van der Waals surface area contributed by atoms with Gasteiger partial charge in [0.2, 0.25) is 0 Å². The second-order valence-corrected chi connectivity index (χ2v) is 21.0. The number of hydrogen-bond acceptors (Lipinski definition) is 3. The summed E-state index contributed by atoms with van der Waals surface area (Å²) in [5, 5.41) is 12.2. The standard InChI is InChI=1S/C61H62N2O/c1-58(2,3)50-24-18-21-42(34-50)45-36-55(63-56(37-45)52-38-51(59(4,5)6)39-53(57(52)64)60(7,8)9)47-32-44(40-19-14-12-15-20-40)31-46(33-47)54-35-43(29-30-62-54)41-25-27-49(28-26-41)61(10,11)48-22-16-13-17-23-48/h12-39,64H,1-11H3. The van der Waals surface area contributed by atoms with Crippen LogP contribution in [0.4, 0.5) is 0 Å². The molecule has 8 aromatic rings. The number of aromatic nitrogens is 2. The molecule has 8 rings (SSSR count). The van der Waals surface area contributed by atoms with Gasteiger partial charge in [-0.1, -0.05) is 191 Å². The van der Waals surface area contributed by atoms with Crippen LogP contribution < -0.4 is 0 Å². The maximum atomic E-state index is 12.2. The summed E-state index contributed by atoms with van der Waals surface area (Å²) in [5.74, 6) is 0.274. The Hall–Kier alpha value is -6.58. The van der Waals surface area contributed by atoms with E-state index >= 15 is 0 Å². The topological polar surface area (TPSA) is 46.0 Å². The monoisotopic (exact) mass is 838 g/mol. The maximum absolute atomic E-state index is 12.2. The lowest BCUT2D eigenvalue weighted by Gasteiger charge is -2.27. The fourth-order valence-corrected chi connectivity index (χ4v) is 8.57. The third-order valence-corrected chi connectivity index (χ3v) is 12.8. The molecule has 64 heavy (non-hydrogen) atoms. The van der Waals surface area contributed by atoms with E-state index in [1.165, 1.54) is 16.7 Å². The lowest BCUT2D eigenvalue weighted by atomic mass is 9.78. The van der Waals surface area contributed by atoms with E-state index in [1.54, 1.807) is 0 Å². The summed E-state index contributed by atoms with van der Waals surface area (Å²) in [5.41, 5.74) is 17.0. The van der Waals surface area contributed by atoms with E-state index in [1.807, 2.05) is 6.20 Å². The molecule has 0 unspecified atom stereocenters. The van der Waals surface area contributed by atoms with E-state index in [0.717, 1.165) is 78.3 Å². The molecule has 1 N–H and O–H groups in total. The summed E-state index contributed by atoms with van der Waals surface area (Å²) < 4.78 is 0. The van der Waals surface area contributed by atoms with E-state index in [2.05, 4.69) is 240 Å². The van der Waals surface area contributed by atoms with Crippen molar-refractivity contribution in [2.45, 2.75) is 97.8 Å². The van der Waals surface area contributed by atoms with Crippen molar-refractivity contribution in [3.63, 3.8) is 0 Å². The molecule has 0 saturated carbocycles. The minimum atomic E-state index is -0.289. The first kappa shape index (κ1) is 44.0. The van der Waals surface area contributed by atoms with Gasteiger partial charge in [-0.15, -0.1) is 0 Å². The summed E-state index contributed by atoms with van der Waals surface area (Å²) in [4.78, 5) is 10.5. The van der Waals surface area contributed by atoms with Gasteiger partial charge in [0.1, 0.15) is 5.75 Å². The summed E-state index contributed by atoms with van der Waals surface area (Å²) in [6.07, 6.45) is 1.92. The van der Waals surface area contributed by atoms with Gasteiger partial charge in [-0.3, -0.25) is 4.98 Å². The van der Waals surface area contributed by atoms with Crippen LogP contribution in [0.3, 0.4) is 0 Å². The van der Waals surface area contributed by atoms with E-state index in [4.69, 9.17) is 9.97 Å². The Morgan fingerprint density at radius 1 is 0.344 bits per heavy atom. The van der Waals surface area contributed by atoms with Crippen LogP contribution in [0.5, 0.6) is 5.75 Å². The largest absolute Gasteiger partial charge is 0.507 e. The minimum absolute atomic E-state index is 0.0309. The van der Waals surface area contributed by atoms with Crippen LogP contribution in [-0.2, 0) is 21.7 Å². The van der Waals surface area contributed by atoms with Gasteiger partial charge in [0, 0.05) is 33.9 Å². The molecule has 0 fully saturated rings. The molecule has 0 aliphatic carbocycles. The number of aromatic hydroxyl groups is 1. The van der Waals surface area contributed by atoms with E-state index in [0.29, 0.717) is 0 Å². The van der Waals surface area contributed by atoms with Gasteiger partial charge in [-0.25, -0.2) is 4.98 Å². The van der Waals surface area contributed by atoms with Crippen molar-refractivity contribution < 1.29 is 5.11 Å². The van der Waals surface area contributed by atoms with Crippen LogP contribution in [-0.4, -0.2) is 15.1 Å². The molecule has 0 aliphatic rings. The molecule has 2 aromatic heterocycles. The number of rotatable bonds is 8. The second kappa shape index (κ2) is 16.8. The zero-order chi connectivity index (χ0) is 45.6. The quantitative estimate of drug-likeness (QED) is 0.166. The molecule has 322 valence electrons. The number of pyridine rings is 2. The molecule has 3 nitrogen and oxygen atoms in total. The van der Waals surface area contributed by atoms with Gasteiger partial charge in [0.15, 0.2) is 0 Å². The predicted molar refractivity (Wildman–Crippen MR) is 271 cm³/mol. The van der Waals surface area contributed by atoms with Crippen molar-refractivity contribution >= 4 is 0 Å². The van der Waals surface area contributed by atoms with Crippen molar-refractivity contribution in [1.82, 2.24) is 9.97 Å². The number of nitrogens with zero attached hydrogens (tertiary/aromatic N) is 2. The number of phenols is 1. The third-order valence-electron chi connectivity index (χ3n) is 12.8. The van der Waals surface area contributed by atoms with E-state index < -0.39 is 0 Å². The number of phenolic OH excluding ortho intramolecular Hbond substituents is 1. The SMILES string of the molecule is CC(C)(C)c1cccc(-c2cc(-c3cc(-c4ccccc4)cc(-c4cc(-c5ccc(C(C)(C)c6ccccc6)cc5)ccn4)c3)nc(-c3cc(C(C)(C)C)cc(C(C)(C)C)c3O)c2)c1. The van der Waals surface area contributed by atoms with Crippen LogP contribution >= 0.6 is 0 Å². The fraction of sp³-hybridized carbons (Fsp3) is 0.246. The average Bonchev–Trinajstić information content (AvgIpc) is 3.28. The average molecular weight is 839 g/mol. The zero-order valence-corrected chi connectivity index (χ0v) is 39.5. The van der Waals surface area contributed by atoms with Gasteiger partial charge in [0.25, 0.3) is 0 Å². The van der Waals surface area contributed by atoms with Crippen molar-refractivity contribution in [2.75, 3.05) is 0 Å². The summed E-state index contributed by atoms with van der Waals surface area (Å²) in [6.45, 7) is 24.5. The molecular formula is C61H62N2O. The molecule has 3 heteroatoms. The Morgan fingerprint density at radius 2 is 0.844 bits per heavy atom. The highest BCUT2D eigenvalue weighted by atomic mass is 16.3. The highest BCUT2D eigenvalue weighted by Crippen LogP contribution is 2.44. The van der Waals surface area contributed by atoms with Gasteiger partial charge in [-0.05, 0) is 120 Å². The summed E-state index contributed by atoms with van der Waals surface area (Å²) in [6, 6.07) is 58.7. The Bertz CT molecular complexity index is 2940. The van der Waals surface area contributed by atoms with Crippen LogP contribution in [0.1, 0.15) is 104 Å². The Balaban J connectivity index is 1.31. The lowest BCUT2D eigenvalue weighted by Crippen LogP contribution is -2.18. The van der Waals surface area contributed by atoms with Crippen molar-refractivity contribution in [3.8, 4) is 72.9 Å². The molecule has 0 bridgehead atoms. The molecule has 0 spiro atoms. The second-order valence-electron chi connectivity index (χ2n) is 21.0. The highest BCUT2D eigenvalue weighted by molar-refractivity contribution is 5.85. The van der Waals surface area contributed by atoms with Crippen molar-refractivity contribution in [2.24, 2.45) is 0 Å². The van der Waals surface area contributed by atoms with Crippen LogP contribution in [0.2, 0.25) is 0 Å². The third kappa shape index (κ3) is 9.22. The van der Waals surface area contributed by atoms with Gasteiger partial charge in [-0.2, -0.15) is 0 Å². The Labute approximate surface area is 382 Å². The molecule has 6 aromatic carbocycles. The fourth-order valence-electron chi connectivity index (χ4n) is 8.57. The Kier molecular flexibility index (Phi) is 11.6. The molecule has 0 atom stereocenters. The van der Waals surface area contributed by atoms with Gasteiger partial charge in [0.05, 0.1) is 17.1 Å². The number of hydrogen-bond donors (Lipinski definition) is 1. The first-order valence-electron chi connectivity index (χ1n) is 22.6. The van der Waals surface area contributed by atoms with Crippen molar-refractivity contribution in [3.05, 3.63) is 198 Å². The molecule has 0 amide bonds. The molecule has 2 heterocycles. The summed E-state index contributed by atoms with van der Waals surface area (Å²) >= 11 is 0. The first-order valence-corrected chi connectivity index (χ1v) is 22.6. The lowest BCUT2D eigenvalue weighted by molar-refractivity contribution is 0.446. The molecule has 0 aliphatic heterocycles. The summed E-state index contributed by atoms with van der Waals surface area (Å²) in [7, 11) is 0. The van der Waals surface area contributed by atoms with Crippen LogP contribution in [0.15, 0.2) is 170 Å². The normalized spacial score (nSPS) is 12.4. The van der Waals surface area contributed by atoms with E-state index in [-0.39, 0.29) is 27.4 Å². The molecular weight excluding hydrogens is 777 g/mol. The zero-order valence-electron chi connectivity index (χ0n) is 39.5. The van der Waals surface area contributed by atoms with Gasteiger partial charge < -0.3 is 5.11 Å². The maximum Gasteiger partial charge on any atom is 0.128 e. The first-order chi connectivity index (χ1) is 30.3. The predicted octanol–water partition coefficient (Wildman–Crippen LogP) is 16.4. The number of benzene rings is 6. The highest BCUT2D eigenvalue weighted by Gasteiger charge is 2.27. The van der Waals surface area contributed by atoms with Gasteiger partial charge >= 0.3 is 0 Å². The molecule has 0 radical (unpaired) electrons. The minimum Gasteiger partial charge on any atom is -0.507 e. The van der Waals surface area contributed by atoms with Crippen LogP contribution in [0, 0.1) is 0 Å². The molecule has 0 saturated heterocycles.